The molecule has 1 saturated heterocycles. The monoisotopic (exact) mass is 429 g/mol. The average molecular weight is 430 g/mol. The highest BCUT2D eigenvalue weighted by Gasteiger charge is 2.31. The van der Waals surface area contributed by atoms with Crippen LogP contribution in [-0.2, 0) is 14.8 Å². The van der Waals surface area contributed by atoms with E-state index in [1.807, 2.05) is 69.9 Å². The second kappa shape index (κ2) is 8.88. The van der Waals surface area contributed by atoms with Gasteiger partial charge < -0.3 is 5.32 Å². The predicted octanol–water partition coefficient (Wildman–Crippen LogP) is 3.17. The Morgan fingerprint density at radius 3 is 2.07 bits per heavy atom. The number of nitrogens with one attached hydrogen (secondary N) is 1. The molecule has 30 heavy (non-hydrogen) atoms. The highest BCUT2D eigenvalue weighted by molar-refractivity contribution is 7.89. The molecule has 0 unspecified atom stereocenters. The summed E-state index contributed by atoms with van der Waals surface area (Å²) >= 11 is 0. The van der Waals surface area contributed by atoms with Gasteiger partial charge in [0.15, 0.2) is 0 Å². The number of hydrogen-bond acceptors (Lipinski definition) is 4. The van der Waals surface area contributed by atoms with Crippen LogP contribution in [0.1, 0.15) is 27.8 Å². The van der Waals surface area contributed by atoms with E-state index in [1.54, 1.807) is 0 Å². The van der Waals surface area contributed by atoms with E-state index in [0.717, 1.165) is 33.5 Å². The Morgan fingerprint density at radius 2 is 1.47 bits per heavy atom. The maximum absolute atomic E-state index is 13.2. The van der Waals surface area contributed by atoms with Gasteiger partial charge in [-0.15, -0.1) is 0 Å². The third kappa shape index (κ3) is 4.91. The van der Waals surface area contributed by atoms with E-state index in [-0.39, 0.29) is 12.5 Å². The van der Waals surface area contributed by atoms with Crippen molar-refractivity contribution >= 4 is 21.6 Å². The lowest BCUT2D eigenvalue weighted by Gasteiger charge is -2.34. The first kappa shape index (κ1) is 22.5. The van der Waals surface area contributed by atoms with E-state index < -0.39 is 10.0 Å². The van der Waals surface area contributed by atoms with Crippen LogP contribution in [0, 0.1) is 34.6 Å². The highest BCUT2D eigenvalue weighted by atomic mass is 32.2. The number of nitrogens with zero attached hydrogens (tertiary/aromatic N) is 2. The second-order valence-electron chi connectivity index (χ2n) is 8.27. The molecule has 0 saturated carbocycles. The molecule has 162 valence electrons. The molecule has 2 aromatic carbocycles. The van der Waals surface area contributed by atoms with Crippen molar-refractivity contribution in [2.45, 2.75) is 39.5 Å². The number of benzene rings is 2. The molecule has 1 heterocycles. The summed E-state index contributed by atoms with van der Waals surface area (Å²) in [5.74, 6) is -0.0785. The summed E-state index contributed by atoms with van der Waals surface area (Å²) in [6.45, 7) is 11.7. The number of anilines is 1. The van der Waals surface area contributed by atoms with Gasteiger partial charge in [-0.05, 0) is 62.9 Å². The SMILES string of the molecule is Cc1cc(C)c(S(=O)(=O)N2CCN(CC(=O)Nc3cc(C)ccc3C)CC2)c(C)c1. The van der Waals surface area contributed by atoms with Crippen molar-refractivity contribution in [1.82, 2.24) is 9.21 Å². The molecule has 1 amide bonds. The molecular weight excluding hydrogens is 398 g/mol. The molecule has 2 aromatic rings. The Bertz CT molecular complexity index is 1030. The van der Waals surface area contributed by atoms with Gasteiger partial charge >= 0.3 is 0 Å². The summed E-state index contributed by atoms with van der Waals surface area (Å²) in [6, 6.07) is 9.79. The molecule has 0 atom stereocenters. The number of rotatable bonds is 5. The van der Waals surface area contributed by atoms with E-state index in [2.05, 4.69) is 5.32 Å². The second-order valence-corrected chi connectivity index (χ2v) is 10.1. The van der Waals surface area contributed by atoms with Gasteiger partial charge in [-0.1, -0.05) is 29.8 Å². The van der Waals surface area contributed by atoms with Gasteiger partial charge in [-0.25, -0.2) is 8.42 Å². The summed E-state index contributed by atoms with van der Waals surface area (Å²) in [5, 5.41) is 2.97. The van der Waals surface area contributed by atoms with Gasteiger partial charge in [0.25, 0.3) is 0 Å². The molecule has 0 aromatic heterocycles. The molecule has 3 rings (SSSR count). The van der Waals surface area contributed by atoms with Crippen molar-refractivity contribution in [2.75, 3.05) is 38.0 Å². The standard InChI is InChI=1S/C23H31N3O3S/c1-16-6-7-18(3)21(14-16)24-22(27)15-25-8-10-26(11-9-25)30(28,29)23-19(4)12-17(2)13-20(23)5/h6-7,12-14H,8-11,15H2,1-5H3,(H,24,27). The van der Waals surface area contributed by atoms with Gasteiger partial charge in [-0.2, -0.15) is 4.31 Å². The number of hydrogen-bond donors (Lipinski definition) is 1. The smallest absolute Gasteiger partial charge is 0.243 e. The van der Waals surface area contributed by atoms with Gasteiger partial charge in [0.05, 0.1) is 11.4 Å². The predicted molar refractivity (Wildman–Crippen MR) is 120 cm³/mol. The van der Waals surface area contributed by atoms with Crippen LogP contribution in [0.4, 0.5) is 5.69 Å². The normalized spacial score (nSPS) is 15.9. The van der Waals surface area contributed by atoms with Crippen LogP contribution in [0.3, 0.4) is 0 Å². The van der Waals surface area contributed by atoms with Crippen LogP contribution in [0.25, 0.3) is 0 Å². The lowest BCUT2D eigenvalue weighted by atomic mass is 10.1. The van der Waals surface area contributed by atoms with Crippen molar-refractivity contribution in [3.05, 3.63) is 58.1 Å². The summed E-state index contributed by atoms with van der Waals surface area (Å²) in [5.41, 5.74) is 5.56. The lowest BCUT2D eigenvalue weighted by molar-refractivity contribution is -0.117. The number of sulfonamides is 1. The van der Waals surface area contributed by atoms with E-state index in [0.29, 0.717) is 31.1 Å². The minimum absolute atomic E-state index is 0.0785. The van der Waals surface area contributed by atoms with Gasteiger partial charge in [0.1, 0.15) is 0 Å². The Hall–Kier alpha value is -2.22. The van der Waals surface area contributed by atoms with Crippen molar-refractivity contribution in [2.24, 2.45) is 0 Å². The third-order valence-corrected chi connectivity index (χ3v) is 7.77. The first-order chi connectivity index (χ1) is 14.1. The topological polar surface area (TPSA) is 69.7 Å². The molecule has 6 nitrogen and oxygen atoms in total. The van der Waals surface area contributed by atoms with E-state index in [9.17, 15) is 13.2 Å². The Kier molecular flexibility index (Phi) is 6.65. The van der Waals surface area contributed by atoms with Crippen LogP contribution in [0.15, 0.2) is 35.2 Å². The number of carbonyl (C=O) groups is 1. The Morgan fingerprint density at radius 1 is 0.867 bits per heavy atom. The maximum Gasteiger partial charge on any atom is 0.243 e. The quantitative estimate of drug-likeness (QED) is 0.793. The zero-order chi connectivity index (χ0) is 22.1. The minimum atomic E-state index is -3.54. The van der Waals surface area contributed by atoms with Crippen molar-refractivity contribution in [3.63, 3.8) is 0 Å². The average Bonchev–Trinajstić information content (AvgIpc) is 2.64. The van der Waals surface area contributed by atoms with Crippen molar-refractivity contribution in [1.29, 1.82) is 0 Å². The fourth-order valence-electron chi connectivity index (χ4n) is 4.09. The molecule has 1 N–H and O–H groups in total. The zero-order valence-electron chi connectivity index (χ0n) is 18.4. The third-order valence-electron chi connectivity index (χ3n) is 5.57. The molecule has 1 aliphatic rings. The molecular formula is C23H31N3O3S. The molecule has 0 spiro atoms. The van der Waals surface area contributed by atoms with Crippen LogP contribution in [-0.4, -0.2) is 56.3 Å². The molecule has 0 radical (unpaired) electrons. The Labute approximate surface area is 179 Å². The van der Waals surface area contributed by atoms with E-state index in [4.69, 9.17) is 0 Å². The molecule has 0 aliphatic carbocycles. The van der Waals surface area contributed by atoms with Crippen LogP contribution >= 0.6 is 0 Å². The molecule has 7 heteroatoms. The molecule has 0 bridgehead atoms. The van der Waals surface area contributed by atoms with E-state index >= 15 is 0 Å². The van der Waals surface area contributed by atoms with Crippen LogP contribution in [0.5, 0.6) is 0 Å². The van der Waals surface area contributed by atoms with Gasteiger partial charge in [-0.3, -0.25) is 9.69 Å². The first-order valence-corrected chi connectivity index (χ1v) is 11.7. The van der Waals surface area contributed by atoms with Crippen LogP contribution in [0.2, 0.25) is 0 Å². The maximum atomic E-state index is 13.2. The zero-order valence-corrected chi connectivity index (χ0v) is 19.3. The van der Waals surface area contributed by atoms with Crippen LogP contribution < -0.4 is 5.32 Å². The summed E-state index contributed by atoms with van der Waals surface area (Å²) in [7, 11) is -3.54. The summed E-state index contributed by atoms with van der Waals surface area (Å²) in [4.78, 5) is 14.9. The fraction of sp³-hybridized carbons (Fsp3) is 0.435. The number of aryl methyl sites for hydroxylation is 5. The molecule has 1 fully saturated rings. The largest absolute Gasteiger partial charge is 0.325 e. The van der Waals surface area contributed by atoms with Gasteiger partial charge in [0.2, 0.25) is 15.9 Å². The summed E-state index contributed by atoms with van der Waals surface area (Å²) in [6.07, 6.45) is 0. The number of carbonyl (C=O) groups excluding carboxylic acids is 1. The number of piperazine rings is 1. The molecule has 1 aliphatic heterocycles. The Balaban J connectivity index is 1.62. The van der Waals surface area contributed by atoms with Gasteiger partial charge in [0, 0.05) is 31.9 Å². The fourth-order valence-corrected chi connectivity index (χ4v) is 5.93. The van der Waals surface area contributed by atoms with E-state index in [1.165, 1.54) is 4.31 Å². The number of amides is 1. The summed E-state index contributed by atoms with van der Waals surface area (Å²) < 4.78 is 28.0. The highest BCUT2D eigenvalue weighted by Crippen LogP contribution is 2.26. The first-order valence-electron chi connectivity index (χ1n) is 10.3. The van der Waals surface area contributed by atoms with Crippen molar-refractivity contribution in [3.8, 4) is 0 Å². The minimum Gasteiger partial charge on any atom is -0.325 e. The lowest BCUT2D eigenvalue weighted by Crippen LogP contribution is -2.50. The van der Waals surface area contributed by atoms with Crippen molar-refractivity contribution < 1.29 is 13.2 Å².